The standard InChI is InChI=1S/C17H22N8O/c1-12-8-20-17(22-13-9-21-24(2)11-13)23-16(12)19-10-14-4-3-7-25(14)15(26)5-6-18/h8-9,11,14H,3-5,7,10H2,1-2H3,(H2,19,20,22,23). The molecule has 0 saturated carbocycles. The number of rotatable bonds is 6. The number of aryl methyl sites for hydroxylation is 2. The molecule has 26 heavy (non-hydrogen) atoms. The van der Waals surface area contributed by atoms with Gasteiger partial charge < -0.3 is 15.5 Å². The molecule has 2 aromatic rings. The summed E-state index contributed by atoms with van der Waals surface area (Å²) in [5.74, 6) is 1.11. The minimum atomic E-state index is -0.102. The van der Waals surface area contributed by atoms with Crippen LogP contribution in [0.3, 0.4) is 0 Å². The highest BCUT2D eigenvalue weighted by Crippen LogP contribution is 2.21. The molecule has 0 bridgehead atoms. The molecule has 2 N–H and O–H groups in total. The van der Waals surface area contributed by atoms with Gasteiger partial charge in [-0.2, -0.15) is 15.3 Å². The molecule has 0 aromatic carbocycles. The highest BCUT2D eigenvalue weighted by Gasteiger charge is 2.28. The maximum Gasteiger partial charge on any atom is 0.237 e. The lowest BCUT2D eigenvalue weighted by atomic mass is 10.2. The van der Waals surface area contributed by atoms with Crippen LogP contribution in [0.5, 0.6) is 0 Å². The molecule has 9 heteroatoms. The van der Waals surface area contributed by atoms with Gasteiger partial charge in [0, 0.05) is 44.1 Å². The molecule has 1 aliphatic rings. The number of aromatic nitrogens is 4. The zero-order valence-electron chi connectivity index (χ0n) is 14.9. The van der Waals surface area contributed by atoms with E-state index < -0.39 is 0 Å². The number of carbonyl (C=O) groups excluding carboxylic acids is 1. The lowest BCUT2D eigenvalue weighted by Crippen LogP contribution is -2.39. The van der Waals surface area contributed by atoms with Crippen molar-refractivity contribution < 1.29 is 4.79 Å². The quantitative estimate of drug-likeness (QED) is 0.810. The molecule has 1 aliphatic heterocycles. The maximum absolute atomic E-state index is 12.0. The predicted molar refractivity (Wildman–Crippen MR) is 96.7 cm³/mol. The predicted octanol–water partition coefficient (Wildman–Crippen LogP) is 1.58. The van der Waals surface area contributed by atoms with Crippen molar-refractivity contribution in [2.24, 2.45) is 7.05 Å². The molecule has 1 saturated heterocycles. The molecular formula is C17H22N8O. The van der Waals surface area contributed by atoms with Crippen molar-refractivity contribution >= 4 is 23.4 Å². The number of anilines is 3. The third-order valence-corrected chi connectivity index (χ3v) is 4.37. The molecule has 2 aromatic heterocycles. The first kappa shape index (κ1) is 17.7. The highest BCUT2D eigenvalue weighted by molar-refractivity contribution is 5.78. The van der Waals surface area contributed by atoms with Crippen LogP contribution in [0.2, 0.25) is 0 Å². The van der Waals surface area contributed by atoms with Crippen LogP contribution >= 0.6 is 0 Å². The Morgan fingerprint density at radius 1 is 1.46 bits per heavy atom. The Kier molecular flexibility index (Phi) is 5.31. The molecule has 9 nitrogen and oxygen atoms in total. The van der Waals surface area contributed by atoms with Crippen LogP contribution in [0, 0.1) is 18.3 Å². The molecule has 1 fully saturated rings. The summed E-state index contributed by atoms with van der Waals surface area (Å²) in [7, 11) is 1.84. The normalized spacial score (nSPS) is 16.3. The molecule has 1 unspecified atom stereocenters. The van der Waals surface area contributed by atoms with Gasteiger partial charge in [-0.1, -0.05) is 0 Å². The number of likely N-dealkylation sites (tertiary alicyclic amines) is 1. The molecule has 1 atom stereocenters. The van der Waals surface area contributed by atoms with E-state index in [-0.39, 0.29) is 18.4 Å². The number of carbonyl (C=O) groups is 1. The Bertz CT molecular complexity index is 824. The molecular weight excluding hydrogens is 332 g/mol. The van der Waals surface area contributed by atoms with Crippen molar-refractivity contribution in [2.75, 3.05) is 23.7 Å². The van der Waals surface area contributed by atoms with Crippen LogP contribution < -0.4 is 10.6 Å². The fraction of sp³-hybridized carbons (Fsp3) is 0.471. The summed E-state index contributed by atoms with van der Waals surface area (Å²) in [6, 6.07) is 2.02. The van der Waals surface area contributed by atoms with Gasteiger partial charge in [-0.05, 0) is 19.8 Å². The van der Waals surface area contributed by atoms with Gasteiger partial charge in [-0.15, -0.1) is 0 Å². The summed E-state index contributed by atoms with van der Waals surface area (Å²) in [5.41, 5.74) is 1.74. The number of amides is 1. The molecule has 3 heterocycles. The second kappa shape index (κ2) is 7.82. The summed E-state index contributed by atoms with van der Waals surface area (Å²) in [5, 5.41) is 19.3. The second-order valence-electron chi connectivity index (χ2n) is 6.35. The zero-order valence-corrected chi connectivity index (χ0v) is 14.9. The first-order valence-corrected chi connectivity index (χ1v) is 8.56. The Hall–Kier alpha value is -3.15. The van der Waals surface area contributed by atoms with Crippen molar-refractivity contribution in [3.63, 3.8) is 0 Å². The van der Waals surface area contributed by atoms with Crippen LogP contribution in [0.25, 0.3) is 0 Å². The first-order chi connectivity index (χ1) is 12.6. The van der Waals surface area contributed by atoms with E-state index in [1.807, 2.05) is 26.2 Å². The van der Waals surface area contributed by atoms with Gasteiger partial charge in [-0.3, -0.25) is 9.48 Å². The number of nitriles is 1. The van der Waals surface area contributed by atoms with Crippen molar-refractivity contribution in [3.05, 3.63) is 24.2 Å². The van der Waals surface area contributed by atoms with Gasteiger partial charge in [-0.25, -0.2) is 4.98 Å². The lowest BCUT2D eigenvalue weighted by molar-refractivity contribution is -0.130. The van der Waals surface area contributed by atoms with Crippen LogP contribution in [0.15, 0.2) is 18.6 Å². The molecule has 136 valence electrons. The van der Waals surface area contributed by atoms with E-state index in [0.29, 0.717) is 19.0 Å². The van der Waals surface area contributed by atoms with E-state index >= 15 is 0 Å². The van der Waals surface area contributed by atoms with E-state index in [4.69, 9.17) is 5.26 Å². The zero-order chi connectivity index (χ0) is 18.5. The Morgan fingerprint density at radius 2 is 2.31 bits per heavy atom. The van der Waals surface area contributed by atoms with Gasteiger partial charge in [0.25, 0.3) is 0 Å². The van der Waals surface area contributed by atoms with Gasteiger partial charge >= 0.3 is 0 Å². The SMILES string of the molecule is Cc1cnc(Nc2cnn(C)c2)nc1NCC1CCCN1C(=O)CC#N. The fourth-order valence-electron chi connectivity index (χ4n) is 3.06. The second-order valence-corrected chi connectivity index (χ2v) is 6.35. The van der Waals surface area contributed by atoms with Gasteiger partial charge in [0.2, 0.25) is 11.9 Å². The fourth-order valence-corrected chi connectivity index (χ4v) is 3.06. The van der Waals surface area contributed by atoms with Gasteiger partial charge in [0.05, 0.1) is 18.0 Å². The highest BCUT2D eigenvalue weighted by atomic mass is 16.2. The number of hydrogen-bond donors (Lipinski definition) is 2. The van der Waals surface area contributed by atoms with Crippen LogP contribution in [-0.2, 0) is 11.8 Å². The van der Waals surface area contributed by atoms with Crippen molar-refractivity contribution in [1.29, 1.82) is 5.26 Å². The number of nitrogens with one attached hydrogen (secondary N) is 2. The Balaban J connectivity index is 1.65. The molecule has 3 rings (SSSR count). The summed E-state index contributed by atoms with van der Waals surface area (Å²) in [4.78, 5) is 22.6. The van der Waals surface area contributed by atoms with Crippen LogP contribution in [-0.4, -0.2) is 49.7 Å². The largest absolute Gasteiger partial charge is 0.368 e. The van der Waals surface area contributed by atoms with Gasteiger partial charge in [0.15, 0.2) is 0 Å². The van der Waals surface area contributed by atoms with Crippen molar-refractivity contribution in [1.82, 2.24) is 24.6 Å². The van der Waals surface area contributed by atoms with Crippen LogP contribution in [0.1, 0.15) is 24.8 Å². The number of nitrogens with zero attached hydrogens (tertiary/aromatic N) is 6. The summed E-state index contributed by atoms with van der Waals surface area (Å²) in [6.45, 7) is 3.24. The topological polar surface area (TPSA) is 112 Å². The van der Waals surface area contributed by atoms with E-state index in [1.165, 1.54) is 0 Å². The average Bonchev–Trinajstić information content (AvgIpc) is 3.24. The monoisotopic (exact) mass is 354 g/mol. The Morgan fingerprint density at radius 3 is 3.04 bits per heavy atom. The lowest BCUT2D eigenvalue weighted by Gasteiger charge is -2.24. The Labute approximate surface area is 152 Å². The first-order valence-electron chi connectivity index (χ1n) is 8.56. The van der Waals surface area contributed by atoms with E-state index in [0.717, 1.165) is 29.9 Å². The molecule has 0 radical (unpaired) electrons. The van der Waals surface area contributed by atoms with E-state index in [1.54, 1.807) is 22.0 Å². The summed E-state index contributed by atoms with van der Waals surface area (Å²) in [6.07, 6.45) is 7.11. The van der Waals surface area contributed by atoms with Crippen molar-refractivity contribution in [2.45, 2.75) is 32.2 Å². The molecule has 0 spiro atoms. The summed E-state index contributed by atoms with van der Waals surface area (Å²) >= 11 is 0. The van der Waals surface area contributed by atoms with Crippen LogP contribution in [0.4, 0.5) is 17.5 Å². The van der Waals surface area contributed by atoms with E-state index in [9.17, 15) is 4.79 Å². The number of hydrogen-bond acceptors (Lipinski definition) is 7. The molecule has 1 amide bonds. The molecule has 0 aliphatic carbocycles. The minimum absolute atomic E-state index is 0.0672. The summed E-state index contributed by atoms with van der Waals surface area (Å²) < 4.78 is 1.70. The van der Waals surface area contributed by atoms with E-state index in [2.05, 4.69) is 25.7 Å². The smallest absolute Gasteiger partial charge is 0.237 e. The third kappa shape index (κ3) is 4.08. The average molecular weight is 354 g/mol. The van der Waals surface area contributed by atoms with Gasteiger partial charge in [0.1, 0.15) is 12.2 Å². The minimum Gasteiger partial charge on any atom is -0.368 e. The maximum atomic E-state index is 12.0. The van der Waals surface area contributed by atoms with Crippen molar-refractivity contribution in [3.8, 4) is 6.07 Å². The third-order valence-electron chi connectivity index (χ3n) is 4.37.